The first kappa shape index (κ1) is 14.2. The second-order valence-corrected chi connectivity index (χ2v) is 4.10. The van der Waals surface area contributed by atoms with Crippen LogP contribution in [-0.2, 0) is 15.9 Å². The summed E-state index contributed by atoms with van der Waals surface area (Å²) in [5.41, 5.74) is 8.65. The summed E-state index contributed by atoms with van der Waals surface area (Å²) in [6.07, 6.45) is 1.89. The van der Waals surface area contributed by atoms with E-state index < -0.39 is 0 Å². The molecule has 0 bridgehead atoms. The van der Waals surface area contributed by atoms with Gasteiger partial charge in [0.15, 0.2) is 0 Å². The van der Waals surface area contributed by atoms with E-state index >= 15 is 0 Å². The zero-order valence-electron chi connectivity index (χ0n) is 10.8. The van der Waals surface area contributed by atoms with Crippen LogP contribution in [0.25, 0.3) is 0 Å². The molecule has 1 unspecified atom stereocenters. The Balaban J connectivity index is 2.33. The Labute approximate surface area is 104 Å². The van der Waals surface area contributed by atoms with Crippen molar-refractivity contribution in [2.45, 2.75) is 25.8 Å². The molecule has 1 rings (SSSR count). The van der Waals surface area contributed by atoms with Crippen LogP contribution in [-0.4, -0.2) is 26.9 Å². The summed E-state index contributed by atoms with van der Waals surface area (Å²) in [5, 5.41) is 0. The van der Waals surface area contributed by atoms with E-state index in [1.165, 1.54) is 11.1 Å². The lowest BCUT2D eigenvalue weighted by molar-refractivity contribution is 0.0672. The maximum atomic E-state index is 6.12. The fraction of sp³-hybridized carbons (Fsp3) is 0.571. The number of ether oxygens (including phenoxy) is 2. The molecule has 3 heteroatoms. The standard InChI is InChI=1S/C14H23NO2/c1-3-12-5-4-6-13(11-12)14(15)7-8-17-10-9-16-2/h4-6,11,14H,3,7-10,15H2,1-2H3. The van der Waals surface area contributed by atoms with Crippen LogP contribution in [0.15, 0.2) is 24.3 Å². The van der Waals surface area contributed by atoms with Gasteiger partial charge < -0.3 is 15.2 Å². The van der Waals surface area contributed by atoms with Gasteiger partial charge in [0.2, 0.25) is 0 Å². The Kier molecular flexibility index (Phi) is 6.86. The van der Waals surface area contributed by atoms with Crippen LogP contribution < -0.4 is 5.73 Å². The van der Waals surface area contributed by atoms with Gasteiger partial charge in [-0.25, -0.2) is 0 Å². The van der Waals surface area contributed by atoms with Gasteiger partial charge in [-0.3, -0.25) is 0 Å². The lowest BCUT2D eigenvalue weighted by Gasteiger charge is -2.13. The molecule has 96 valence electrons. The highest BCUT2D eigenvalue weighted by Crippen LogP contribution is 2.15. The number of benzene rings is 1. The minimum Gasteiger partial charge on any atom is -0.382 e. The molecule has 1 aromatic rings. The van der Waals surface area contributed by atoms with E-state index in [2.05, 4.69) is 31.2 Å². The molecule has 0 radical (unpaired) electrons. The van der Waals surface area contributed by atoms with Gasteiger partial charge in [-0.1, -0.05) is 31.2 Å². The van der Waals surface area contributed by atoms with Crippen LogP contribution in [0.4, 0.5) is 0 Å². The molecule has 0 amide bonds. The molecule has 0 spiro atoms. The predicted molar refractivity (Wildman–Crippen MR) is 70.1 cm³/mol. The van der Waals surface area contributed by atoms with E-state index in [1.807, 2.05) is 0 Å². The molecule has 0 saturated carbocycles. The minimum atomic E-state index is 0.0593. The Bertz CT molecular complexity index is 315. The van der Waals surface area contributed by atoms with Crippen LogP contribution in [0.2, 0.25) is 0 Å². The Morgan fingerprint density at radius 1 is 1.24 bits per heavy atom. The molecular weight excluding hydrogens is 214 g/mol. The fourth-order valence-electron chi connectivity index (χ4n) is 1.66. The summed E-state index contributed by atoms with van der Waals surface area (Å²) < 4.78 is 10.3. The molecule has 0 heterocycles. The van der Waals surface area contributed by atoms with Gasteiger partial charge in [-0.05, 0) is 24.0 Å². The summed E-state index contributed by atoms with van der Waals surface area (Å²) in [7, 11) is 1.67. The lowest BCUT2D eigenvalue weighted by Crippen LogP contribution is -2.14. The third kappa shape index (κ3) is 5.31. The summed E-state index contributed by atoms with van der Waals surface area (Å²) in [6, 6.07) is 8.52. The normalized spacial score (nSPS) is 12.6. The quantitative estimate of drug-likeness (QED) is 0.706. The van der Waals surface area contributed by atoms with Crippen molar-refractivity contribution in [2.75, 3.05) is 26.9 Å². The van der Waals surface area contributed by atoms with Crippen molar-refractivity contribution in [3.05, 3.63) is 35.4 Å². The van der Waals surface area contributed by atoms with E-state index in [-0.39, 0.29) is 6.04 Å². The van der Waals surface area contributed by atoms with Crippen molar-refractivity contribution in [1.82, 2.24) is 0 Å². The lowest BCUT2D eigenvalue weighted by atomic mass is 10.0. The fourth-order valence-corrected chi connectivity index (χ4v) is 1.66. The maximum Gasteiger partial charge on any atom is 0.0700 e. The molecule has 0 aromatic heterocycles. The third-order valence-electron chi connectivity index (χ3n) is 2.79. The minimum absolute atomic E-state index is 0.0593. The van der Waals surface area contributed by atoms with Crippen molar-refractivity contribution >= 4 is 0 Å². The highest BCUT2D eigenvalue weighted by Gasteiger charge is 2.06. The van der Waals surface area contributed by atoms with Crippen molar-refractivity contribution < 1.29 is 9.47 Å². The van der Waals surface area contributed by atoms with Gasteiger partial charge in [-0.2, -0.15) is 0 Å². The summed E-state index contributed by atoms with van der Waals surface area (Å²) in [4.78, 5) is 0. The van der Waals surface area contributed by atoms with E-state index in [4.69, 9.17) is 15.2 Å². The van der Waals surface area contributed by atoms with Crippen molar-refractivity contribution in [3.8, 4) is 0 Å². The highest BCUT2D eigenvalue weighted by atomic mass is 16.5. The largest absolute Gasteiger partial charge is 0.382 e. The Morgan fingerprint density at radius 3 is 2.76 bits per heavy atom. The first-order valence-electron chi connectivity index (χ1n) is 6.19. The number of rotatable bonds is 8. The molecule has 17 heavy (non-hydrogen) atoms. The van der Waals surface area contributed by atoms with Crippen molar-refractivity contribution in [3.63, 3.8) is 0 Å². The van der Waals surface area contributed by atoms with Crippen LogP contribution in [0.3, 0.4) is 0 Å². The Hall–Kier alpha value is -0.900. The second kappa shape index (κ2) is 8.23. The zero-order chi connectivity index (χ0) is 12.5. The van der Waals surface area contributed by atoms with Gasteiger partial charge in [0.1, 0.15) is 0 Å². The molecule has 1 atom stereocenters. The maximum absolute atomic E-state index is 6.12. The van der Waals surface area contributed by atoms with Crippen LogP contribution in [0, 0.1) is 0 Å². The zero-order valence-corrected chi connectivity index (χ0v) is 10.8. The molecule has 1 aromatic carbocycles. The summed E-state index contributed by atoms with van der Waals surface area (Å²) in [5.74, 6) is 0. The van der Waals surface area contributed by atoms with Crippen LogP contribution >= 0.6 is 0 Å². The number of hydrogen-bond acceptors (Lipinski definition) is 3. The predicted octanol–water partition coefficient (Wildman–Crippen LogP) is 2.30. The first-order valence-corrected chi connectivity index (χ1v) is 6.19. The molecule has 0 fully saturated rings. The molecule has 0 aliphatic carbocycles. The molecule has 0 aliphatic rings. The van der Waals surface area contributed by atoms with Crippen LogP contribution in [0.5, 0.6) is 0 Å². The molecule has 3 nitrogen and oxygen atoms in total. The van der Waals surface area contributed by atoms with E-state index in [0.29, 0.717) is 19.8 Å². The van der Waals surface area contributed by atoms with Crippen LogP contribution in [0.1, 0.15) is 30.5 Å². The second-order valence-electron chi connectivity index (χ2n) is 4.10. The summed E-state index contributed by atoms with van der Waals surface area (Å²) >= 11 is 0. The molecule has 0 saturated heterocycles. The van der Waals surface area contributed by atoms with Gasteiger partial charge in [0.05, 0.1) is 13.2 Å². The van der Waals surface area contributed by atoms with E-state index in [9.17, 15) is 0 Å². The van der Waals surface area contributed by atoms with Gasteiger partial charge in [0, 0.05) is 19.8 Å². The number of nitrogens with two attached hydrogens (primary N) is 1. The van der Waals surface area contributed by atoms with E-state index in [1.54, 1.807) is 7.11 Å². The number of methoxy groups -OCH3 is 1. The Morgan fingerprint density at radius 2 is 2.06 bits per heavy atom. The van der Waals surface area contributed by atoms with Gasteiger partial charge >= 0.3 is 0 Å². The molecule has 0 aliphatic heterocycles. The first-order chi connectivity index (χ1) is 8.27. The smallest absolute Gasteiger partial charge is 0.0700 e. The highest BCUT2D eigenvalue weighted by molar-refractivity contribution is 5.25. The topological polar surface area (TPSA) is 44.5 Å². The SMILES string of the molecule is CCc1cccc(C(N)CCOCCOC)c1. The van der Waals surface area contributed by atoms with E-state index in [0.717, 1.165) is 12.8 Å². The summed E-state index contributed by atoms with van der Waals surface area (Å²) in [6.45, 7) is 4.11. The number of hydrogen-bond donors (Lipinski definition) is 1. The van der Waals surface area contributed by atoms with Crippen molar-refractivity contribution in [2.24, 2.45) is 5.73 Å². The average molecular weight is 237 g/mol. The molecular formula is C14H23NO2. The average Bonchev–Trinajstić information content (AvgIpc) is 2.38. The van der Waals surface area contributed by atoms with Gasteiger partial charge in [-0.15, -0.1) is 0 Å². The monoisotopic (exact) mass is 237 g/mol. The number of aryl methyl sites for hydroxylation is 1. The third-order valence-corrected chi connectivity index (χ3v) is 2.79. The van der Waals surface area contributed by atoms with Gasteiger partial charge in [0.25, 0.3) is 0 Å². The van der Waals surface area contributed by atoms with Crippen molar-refractivity contribution in [1.29, 1.82) is 0 Å². The molecule has 2 N–H and O–H groups in total.